The predicted octanol–water partition coefficient (Wildman–Crippen LogP) is 3.59. The second-order valence-electron chi connectivity index (χ2n) is 4.59. The average Bonchev–Trinajstić information content (AvgIpc) is 2.48. The van der Waals surface area contributed by atoms with E-state index < -0.39 is 17.6 Å². The second-order valence-corrected chi connectivity index (χ2v) is 4.59. The Labute approximate surface area is 123 Å². The molecule has 0 bridgehead atoms. The Morgan fingerprint density at radius 3 is 2.32 bits per heavy atom. The summed E-state index contributed by atoms with van der Waals surface area (Å²) in [7, 11) is 0. The number of nitrogens with two attached hydrogens (primary N) is 1. The summed E-state index contributed by atoms with van der Waals surface area (Å²) >= 11 is 0. The summed E-state index contributed by atoms with van der Waals surface area (Å²) in [6.07, 6.45) is -4.55. The summed E-state index contributed by atoms with van der Waals surface area (Å²) < 4.78 is 57.3. The van der Waals surface area contributed by atoms with E-state index in [-0.39, 0.29) is 30.2 Å². The number of ether oxygens (including phenoxy) is 1. The third kappa shape index (κ3) is 3.75. The molecule has 0 aliphatic rings. The molecule has 2 aromatic carbocycles. The molecule has 0 saturated heterocycles. The van der Waals surface area contributed by atoms with E-state index in [0.29, 0.717) is 5.56 Å². The molecule has 0 radical (unpaired) electrons. The molecule has 2 aromatic rings. The first-order valence-electron chi connectivity index (χ1n) is 6.32. The highest BCUT2D eigenvalue weighted by molar-refractivity contribution is 5.40. The van der Waals surface area contributed by atoms with Gasteiger partial charge in [-0.2, -0.15) is 13.2 Å². The topological polar surface area (TPSA) is 55.5 Å². The van der Waals surface area contributed by atoms with Gasteiger partial charge in [-0.15, -0.1) is 0 Å². The molecule has 0 unspecified atom stereocenters. The van der Waals surface area contributed by atoms with Crippen molar-refractivity contribution in [3.8, 4) is 11.5 Å². The lowest BCUT2D eigenvalue weighted by Gasteiger charge is -2.13. The van der Waals surface area contributed by atoms with Crippen LogP contribution >= 0.6 is 0 Å². The van der Waals surface area contributed by atoms with Gasteiger partial charge in [0.25, 0.3) is 0 Å². The van der Waals surface area contributed by atoms with Crippen molar-refractivity contribution >= 4 is 0 Å². The summed E-state index contributed by atoms with van der Waals surface area (Å²) in [6, 6.07) is 6.71. The van der Waals surface area contributed by atoms with Gasteiger partial charge in [0.05, 0.1) is 12.2 Å². The van der Waals surface area contributed by atoms with Gasteiger partial charge in [0.15, 0.2) is 11.6 Å². The summed E-state index contributed by atoms with van der Waals surface area (Å²) in [5.41, 5.74) is 5.00. The van der Waals surface area contributed by atoms with Gasteiger partial charge >= 0.3 is 6.18 Å². The van der Waals surface area contributed by atoms with E-state index in [1.165, 1.54) is 18.2 Å². The van der Waals surface area contributed by atoms with Crippen molar-refractivity contribution in [1.29, 1.82) is 0 Å². The lowest BCUT2D eigenvalue weighted by atomic mass is 10.1. The fourth-order valence-electron chi connectivity index (χ4n) is 1.85. The molecular formula is C15H13F4NO2. The Kier molecular flexibility index (Phi) is 4.68. The molecule has 0 heterocycles. The van der Waals surface area contributed by atoms with Crippen LogP contribution in [0.1, 0.15) is 16.7 Å². The number of halogens is 4. The molecule has 2 rings (SSSR count). The van der Waals surface area contributed by atoms with Gasteiger partial charge < -0.3 is 15.6 Å². The minimum Gasteiger partial charge on any atom is -0.454 e. The molecule has 3 N–H and O–H groups in total. The lowest BCUT2D eigenvalue weighted by Crippen LogP contribution is -2.07. The van der Waals surface area contributed by atoms with Crippen LogP contribution in [0.15, 0.2) is 36.4 Å². The monoisotopic (exact) mass is 315 g/mol. The zero-order valence-corrected chi connectivity index (χ0v) is 11.3. The van der Waals surface area contributed by atoms with Gasteiger partial charge in [0, 0.05) is 6.54 Å². The maximum absolute atomic E-state index is 13.8. The van der Waals surface area contributed by atoms with Crippen LogP contribution in [0.2, 0.25) is 0 Å². The van der Waals surface area contributed by atoms with E-state index in [4.69, 9.17) is 15.6 Å². The van der Waals surface area contributed by atoms with Gasteiger partial charge in [0.2, 0.25) is 0 Å². The number of aliphatic hydroxyl groups is 1. The third-order valence-electron chi connectivity index (χ3n) is 2.94. The Bertz CT molecular complexity index is 671. The van der Waals surface area contributed by atoms with E-state index in [0.717, 1.165) is 18.2 Å². The average molecular weight is 315 g/mol. The van der Waals surface area contributed by atoms with E-state index in [1.807, 2.05) is 0 Å². The van der Waals surface area contributed by atoms with Gasteiger partial charge in [-0.05, 0) is 41.5 Å². The summed E-state index contributed by atoms with van der Waals surface area (Å²) in [5.74, 6) is -1.18. The summed E-state index contributed by atoms with van der Waals surface area (Å²) in [6.45, 7) is -0.454. The van der Waals surface area contributed by atoms with Gasteiger partial charge in [-0.1, -0.05) is 6.07 Å². The van der Waals surface area contributed by atoms with Crippen LogP contribution in [-0.4, -0.2) is 5.11 Å². The zero-order chi connectivity index (χ0) is 16.3. The Morgan fingerprint density at radius 1 is 1.05 bits per heavy atom. The highest BCUT2D eigenvalue weighted by Crippen LogP contribution is 2.34. The van der Waals surface area contributed by atoms with Gasteiger partial charge in [-0.3, -0.25) is 0 Å². The molecule has 0 atom stereocenters. The van der Waals surface area contributed by atoms with Crippen molar-refractivity contribution < 1.29 is 27.4 Å². The Hall–Kier alpha value is -2.12. The van der Waals surface area contributed by atoms with Crippen molar-refractivity contribution in [1.82, 2.24) is 0 Å². The molecule has 0 aliphatic carbocycles. The molecule has 22 heavy (non-hydrogen) atoms. The molecule has 0 aliphatic heterocycles. The molecule has 0 saturated carbocycles. The van der Waals surface area contributed by atoms with Gasteiger partial charge in [-0.25, -0.2) is 4.39 Å². The fourth-order valence-corrected chi connectivity index (χ4v) is 1.85. The molecular weight excluding hydrogens is 302 g/mol. The first kappa shape index (κ1) is 16.3. The minimum absolute atomic E-state index is 0.105. The standard InChI is InChI=1S/C15H13F4NO2/c16-13-5-9(8-21)1-2-14(13)22-12-4-10(7-20)3-11(6-12)15(17,18)19/h1-6,21H,7-8,20H2. The SMILES string of the molecule is NCc1cc(Oc2ccc(CO)cc2F)cc(C(F)(F)F)c1. The molecule has 0 aromatic heterocycles. The molecule has 7 heteroatoms. The van der Waals surface area contributed by atoms with Gasteiger partial charge in [0.1, 0.15) is 5.75 Å². The van der Waals surface area contributed by atoms with E-state index in [1.54, 1.807) is 0 Å². The smallest absolute Gasteiger partial charge is 0.416 e. The van der Waals surface area contributed by atoms with Crippen molar-refractivity contribution in [2.24, 2.45) is 5.73 Å². The number of rotatable bonds is 4. The van der Waals surface area contributed by atoms with Crippen molar-refractivity contribution in [2.75, 3.05) is 0 Å². The quantitative estimate of drug-likeness (QED) is 0.848. The first-order chi connectivity index (χ1) is 10.3. The second kappa shape index (κ2) is 6.33. The molecule has 3 nitrogen and oxygen atoms in total. The lowest BCUT2D eigenvalue weighted by molar-refractivity contribution is -0.137. The zero-order valence-electron chi connectivity index (χ0n) is 11.3. The number of alkyl halides is 3. The number of aliphatic hydroxyl groups excluding tert-OH is 1. The van der Waals surface area contributed by atoms with E-state index in [2.05, 4.69) is 0 Å². The van der Waals surface area contributed by atoms with Crippen LogP contribution < -0.4 is 10.5 Å². The minimum atomic E-state index is -4.55. The van der Waals surface area contributed by atoms with E-state index >= 15 is 0 Å². The maximum Gasteiger partial charge on any atom is 0.416 e. The number of benzene rings is 2. The summed E-state index contributed by atoms with van der Waals surface area (Å²) in [5, 5.41) is 8.89. The highest BCUT2D eigenvalue weighted by Gasteiger charge is 2.31. The Morgan fingerprint density at radius 2 is 1.77 bits per heavy atom. The maximum atomic E-state index is 13.8. The van der Waals surface area contributed by atoms with Crippen molar-refractivity contribution in [2.45, 2.75) is 19.3 Å². The van der Waals surface area contributed by atoms with E-state index in [9.17, 15) is 17.6 Å². The Balaban J connectivity index is 2.37. The van der Waals surface area contributed by atoms with Crippen LogP contribution in [0.5, 0.6) is 11.5 Å². The van der Waals surface area contributed by atoms with Crippen molar-refractivity contribution in [3.63, 3.8) is 0 Å². The predicted molar refractivity (Wildman–Crippen MR) is 71.7 cm³/mol. The van der Waals surface area contributed by atoms with Crippen LogP contribution in [0, 0.1) is 5.82 Å². The molecule has 0 amide bonds. The third-order valence-corrected chi connectivity index (χ3v) is 2.94. The summed E-state index contributed by atoms with van der Waals surface area (Å²) in [4.78, 5) is 0. The van der Waals surface area contributed by atoms with Crippen LogP contribution in [0.4, 0.5) is 17.6 Å². The molecule has 118 valence electrons. The highest BCUT2D eigenvalue weighted by atomic mass is 19.4. The number of hydrogen-bond donors (Lipinski definition) is 2. The number of hydrogen-bond acceptors (Lipinski definition) is 3. The van der Waals surface area contributed by atoms with Crippen molar-refractivity contribution in [3.05, 3.63) is 58.9 Å². The molecule has 0 fully saturated rings. The molecule has 0 spiro atoms. The largest absolute Gasteiger partial charge is 0.454 e. The first-order valence-corrected chi connectivity index (χ1v) is 6.32. The fraction of sp³-hybridized carbons (Fsp3) is 0.200. The van der Waals surface area contributed by atoms with Crippen LogP contribution in [-0.2, 0) is 19.3 Å². The normalized spacial score (nSPS) is 11.5. The van der Waals surface area contributed by atoms with Crippen LogP contribution in [0.25, 0.3) is 0 Å². The van der Waals surface area contributed by atoms with Crippen LogP contribution in [0.3, 0.4) is 0 Å².